The van der Waals surface area contributed by atoms with Gasteiger partial charge in [-0.2, -0.15) is 0 Å². The zero-order chi connectivity index (χ0) is 15.0. The molecule has 0 aliphatic carbocycles. The predicted molar refractivity (Wildman–Crippen MR) is 88.3 cm³/mol. The van der Waals surface area contributed by atoms with Crippen molar-refractivity contribution in [2.75, 3.05) is 40.3 Å². The van der Waals surface area contributed by atoms with E-state index in [-0.39, 0.29) is 0 Å². The van der Waals surface area contributed by atoms with Crippen LogP contribution in [0.4, 0.5) is 0 Å². The van der Waals surface area contributed by atoms with Crippen molar-refractivity contribution in [3.8, 4) is 0 Å². The molecule has 1 N–H and O–H groups in total. The Hall–Kier alpha value is -0.770. The van der Waals surface area contributed by atoms with E-state index in [1.807, 2.05) is 7.05 Å². The SMILES string of the molecule is CN=C(NCCCCN(C)C(C)C)N1CCCC(C)C1. The highest BCUT2D eigenvalue weighted by Gasteiger charge is 2.18. The molecule has 1 unspecified atom stereocenters. The number of likely N-dealkylation sites (tertiary alicyclic amines) is 1. The van der Waals surface area contributed by atoms with Crippen molar-refractivity contribution in [1.82, 2.24) is 15.1 Å². The van der Waals surface area contributed by atoms with E-state index in [9.17, 15) is 0 Å². The molecule has 1 aliphatic rings. The quantitative estimate of drug-likeness (QED) is 0.461. The summed E-state index contributed by atoms with van der Waals surface area (Å²) in [7, 11) is 4.10. The minimum absolute atomic E-state index is 0.644. The number of rotatable bonds is 6. The standard InChI is InChI=1S/C16H34N4/c1-14(2)19(5)11-7-6-10-18-16(17-4)20-12-8-9-15(3)13-20/h14-15H,6-13H2,1-5H3,(H,17,18). The molecule has 4 heteroatoms. The number of hydrogen-bond acceptors (Lipinski definition) is 2. The van der Waals surface area contributed by atoms with Crippen LogP contribution >= 0.6 is 0 Å². The van der Waals surface area contributed by atoms with Crippen LogP contribution in [0.2, 0.25) is 0 Å². The average molecular weight is 282 g/mol. The summed E-state index contributed by atoms with van der Waals surface area (Å²) in [6.07, 6.45) is 5.10. The van der Waals surface area contributed by atoms with Crippen LogP contribution in [0.5, 0.6) is 0 Å². The van der Waals surface area contributed by atoms with Crippen molar-refractivity contribution in [3.63, 3.8) is 0 Å². The second kappa shape index (κ2) is 9.22. The molecule has 1 heterocycles. The maximum Gasteiger partial charge on any atom is 0.193 e. The predicted octanol–water partition coefficient (Wildman–Crippen LogP) is 2.41. The molecule has 1 rings (SSSR count). The van der Waals surface area contributed by atoms with E-state index >= 15 is 0 Å². The molecule has 20 heavy (non-hydrogen) atoms. The molecule has 0 radical (unpaired) electrons. The van der Waals surface area contributed by atoms with Gasteiger partial charge in [0.25, 0.3) is 0 Å². The number of guanidine groups is 1. The highest BCUT2D eigenvalue weighted by atomic mass is 15.3. The first-order valence-electron chi connectivity index (χ1n) is 8.20. The fourth-order valence-corrected chi connectivity index (χ4v) is 2.66. The van der Waals surface area contributed by atoms with Gasteiger partial charge in [-0.1, -0.05) is 6.92 Å². The summed E-state index contributed by atoms with van der Waals surface area (Å²) in [6.45, 7) is 11.3. The summed E-state index contributed by atoms with van der Waals surface area (Å²) in [5, 5.41) is 3.52. The summed E-state index contributed by atoms with van der Waals surface area (Å²) < 4.78 is 0. The Morgan fingerprint density at radius 2 is 2.15 bits per heavy atom. The van der Waals surface area contributed by atoms with Gasteiger partial charge in [-0.05, 0) is 59.0 Å². The number of nitrogens with one attached hydrogen (secondary N) is 1. The average Bonchev–Trinajstić information content (AvgIpc) is 2.42. The summed E-state index contributed by atoms with van der Waals surface area (Å²) in [4.78, 5) is 9.24. The first kappa shape index (κ1) is 17.3. The van der Waals surface area contributed by atoms with E-state index < -0.39 is 0 Å². The Balaban J connectivity index is 2.19. The van der Waals surface area contributed by atoms with Gasteiger partial charge in [0.15, 0.2) is 5.96 Å². The van der Waals surface area contributed by atoms with Crippen LogP contribution in [0, 0.1) is 5.92 Å². The zero-order valence-electron chi connectivity index (χ0n) is 14.2. The van der Waals surface area contributed by atoms with Gasteiger partial charge < -0.3 is 15.1 Å². The normalized spacial score (nSPS) is 20.9. The second-order valence-corrected chi connectivity index (χ2v) is 6.45. The Morgan fingerprint density at radius 3 is 2.75 bits per heavy atom. The van der Waals surface area contributed by atoms with E-state index in [2.05, 4.69) is 47.9 Å². The number of piperidine rings is 1. The molecule has 1 atom stereocenters. The maximum absolute atomic E-state index is 4.43. The first-order chi connectivity index (χ1) is 9.54. The Labute approximate surface area is 125 Å². The van der Waals surface area contributed by atoms with E-state index in [0.29, 0.717) is 6.04 Å². The minimum atomic E-state index is 0.644. The van der Waals surface area contributed by atoms with Crippen molar-refractivity contribution in [2.24, 2.45) is 10.9 Å². The Morgan fingerprint density at radius 1 is 1.40 bits per heavy atom. The molecule has 0 bridgehead atoms. The van der Waals surface area contributed by atoms with Crippen molar-refractivity contribution in [2.45, 2.75) is 52.5 Å². The summed E-state index contributed by atoms with van der Waals surface area (Å²) in [6, 6.07) is 0.644. The van der Waals surface area contributed by atoms with Gasteiger partial charge in [-0.3, -0.25) is 4.99 Å². The van der Waals surface area contributed by atoms with Crippen molar-refractivity contribution >= 4 is 5.96 Å². The Kier molecular flexibility index (Phi) is 7.97. The number of nitrogens with zero attached hydrogens (tertiary/aromatic N) is 3. The third-order valence-electron chi connectivity index (χ3n) is 4.27. The molecule has 0 amide bonds. The van der Waals surface area contributed by atoms with Crippen molar-refractivity contribution in [3.05, 3.63) is 0 Å². The van der Waals surface area contributed by atoms with Gasteiger partial charge in [0, 0.05) is 32.7 Å². The highest BCUT2D eigenvalue weighted by Crippen LogP contribution is 2.15. The second-order valence-electron chi connectivity index (χ2n) is 6.45. The zero-order valence-corrected chi connectivity index (χ0v) is 14.2. The summed E-state index contributed by atoms with van der Waals surface area (Å²) in [5.74, 6) is 1.88. The van der Waals surface area contributed by atoms with E-state index in [1.165, 1.54) is 32.2 Å². The summed E-state index contributed by atoms with van der Waals surface area (Å²) >= 11 is 0. The first-order valence-corrected chi connectivity index (χ1v) is 8.20. The number of hydrogen-bond donors (Lipinski definition) is 1. The fraction of sp³-hybridized carbons (Fsp3) is 0.938. The smallest absolute Gasteiger partial charge is 0.193 e. The van der Waals surface area contributed by atoms with Crippen LogP contribution < -0.4 is 5.32 Å². The molecule has 1 saturated heterocycles. The molecule has 4 nitrogen and oxygen atoms in total. The Bertz CT molecular complexity index is 288. The lowest BCUT2D eigenvalue weighted by molar-refractivity contribution is 0.262. The molecular weight excluding hydrogens is 248 g/mol. The molecule has 1 fully saturated rings. The van der Waals surface area contributed by atoms with Gasteiger partial charge >= 0.3 is 0 Å². The lowest BCUT2D eigenvalue weighted by Gasteiger charge is -2.33. The van der Waals surface area contributed by atoms with Crippen LogP contribution in [0.15, 0.2) is 4.99 Å². The molecule has 0 saturated carbocycles. The molecule has 1 aliphatic heterocycles. The van der Waals surface area contributed by atoms with E-state index in [4.69, 9.17) is 0 Å². The number of unbranched alkanes of at least 4 members (excludes halogenated alkanes) is 1. The van der Waals surface area contributed by atoms with Gasteiger partial charge in [-0.15, -0.1) is 0 Å². The highest BCUT2D eigenvalue weighted by molar-refractivity contribution is 5.79. The van der Waals surface area contributed by atoms with Crippen LogP contribution in [0.3, 0.4) is 0 Å². The maximum atomic E-state index is 4.43. The molecule has 0 spiro atoms. The van der Waals surface area contributed by atoms with Gasteiger partial charge in [-0.25, -0.2) is 0 Å². The third kappa shape index (κ3) is 6.12. The summed E-state index contributed by atoms with van der Waals surface area (Å²) in [5.41, 5.74) is 0. The topological polar surface area (TPSA) is 30.9 Å². The molecular formula is C16H34N4. The van der Waals surface area contributed by atoms with Gasteiger partial charge in [0.05, 0.1) is 0 Å². The largest absolute Gasteiger partial charge is 0.356 e. The molecule has 0 aromatic rings. The third-order valence-corrected chi connectivity index (χ3v) is 4.27. The van der Waals surface area contributed by atoms with Gasteiger partial charge in [0.1, 0.15) is 0 Å². The lowest BCUT2D eigenvalue weighted by atomic mass is 10.0. The fourth-order valence-electron chi connectivity index (χ4n) is 2.66. The molecule has 118 valence electrons. The lowest BCUT2D eigenvalue weighted by Crippen LogP contribution is -2.46. The van der Waals surface area contributed by atoms with Crippen LogP contribution in [0.25, 0.3) is 0 Å². The van der Waals surface area contributed by atoms with E-state index in [0.717, 1.165) is 31.5 Å². The van der Waals surface area contributed by atoms with Crippen LogP contribution in [-0.4, -0.2) is 62.1 Å². The monoisotopic (exact) mass is 282 g/mol. The molecule has 0 aromatic heterocycles. The van der Waals surface area contributed by atoms with Crippen LogP contribution in [-0.2, 0) is 0 Å². The van der Waals surface area contributed by atoms with Crippen LogP contribution in [0.1, 0.15) is 46.5 Å². The van der Waals surface area contributed by atoms with Crippen molar-refractivity contribution in [1.29, 1.82) is 0 Å². The van der Waals surface area contributed by atoms with Crippen molar-refractivity contribution < 1.29 is 0 Å². The van der Waals surface area contributed by atoms with E-state index in [1.54, 1.807) is 0 Å². The molecule has 0 aromatic carbocycles. The number of aliphatic imine (C=N–C) groups is 1. The minimum Gasteiger partial charge on any atom is -0.356 e. The van der Waals surface area contributed by atoms with Gasteiger partial charge in [0.2, 0.25) is 0 Å².